The van der Waals surface area contributed by atoms with Gasteiger partial charge in [-0.2, -0.15) is 13.2 Å². The highest BCUT2D eigenvalue weighted by atomic mass is 19.4. The van der Waals surface area contributed by atoms with Gasteiger partial charge in [-0.1, -0.05) is 0 Å². The fraction of sp³-hybridized carbons (Fsp3) is 0.680. The molecule has 5 fully saturated rings. The molecule has 35 heavy (non-hydrogen) atoms. The lowest BCUT2D eigenvalue weighted by Gasteiger charge is -2.63. The summed E-state index contributed by atoms with van der Waals surface area (Å²) in [6.45, 7) is 3.22. The number of carbonyl (C=O) groups is 1. The van der Waals surface area contributed by atoms with Crippen LogP contribution in [0.15, 0.2) is 18.5 Å². The molecule has 186 valence electrons. The van der Waals surface area contributed by atoms with Crippen LogP contribution in [-0.2, 0) is 12.6 Å². The van der Waals surface area contributed by atoms with E-state index in [2.05, 4.69) is 20.2 Å². The minimum Gasteiger partial charge on any atom is -0.328 e. The van der Waals surface area contributed by atoms with Crippen molar-refractivity contribution in [2.24, 2.45) is 16.7 Å². The summed E-state index contributed by atoms with van der Waals surface area (Å²) in [4.78, 5) is 24.0. The van der Waals surface area contributed by atoms with Crippen LogP contribution in [-0.4, -0.2) is 62.2 Å². The second-order valence-corrected chi connectivity index (χ2v) is 12.0. The van der Waals surface area contributed by atoms with Crippen LogP contribution in [0.25, 0.3) is 0 Å². The number of nitrogens with zero attached hydrogens (tertiary/aromatic N) is 5. The number of hydrogen-bond acceptors (Lipinski definition) is 4. The van der Waals surface area contributed by atoms with Gasteiger partial charge in [-0.3, -0.25) is 4.98 Å². The molecule has 0 atom stereocenters. The van der Waals surface area contributed by atoms with Crippen LogP contribution in [0, 0.1) is 16.7 Å². The van der Waals surface area contributed by atoms with Crippen LogP contribution >= 0.6 is 0 Å². The Morgan fingerprint density at radius 2 is 1.54 bits per heavy atom. The number of H-pyrrole nitrogens is 1. The predicted molar refractivity (Wildman–Crippen MR) is 119 cm³/mol. The maximum absolute atomic E-state index is 12.9. The van der Waals surface area contributed by atoms with Crippen molar-refractivity contribution in [3.63, 3.8) is 0 Å². The normalized spacial score (nSPS) is 25.2. The molecule has 4 heterocycles. The van der Waals surface area contributed by atoms with E-state index in [1.54, 1.807) is 0 Å². The maximum Gasteiger partial charge on any atom is 0.417 e. The van der Waals surface area contributed by atoms with Gasteiger partial charge in [0.25, 0.3) is 0 Å². The van der Waals surface area contributed by atoms with E-state index < -0.39 is 11.7 Å². The molecule has 0 aromatic carbocycles. The van der Waals surface area contributed by atoms with E-state index in [9.17, 15) is 18.0 Å². The van der Waals surface area contributed by atoms with Crippen molar-refractivity contribution in [1.29, 1.82) is 0 Å². The standard InChI is InChI=1S/C25H29F3N6O/c26-25(27,28)19-4-15(9-29-10-19)3-16-5-23(6-16)11-33(12-23)22(35)34-13-24(14-34)7-18(8-24)21-30-20(31-32-21)17-1-2-17/h4,9-10,16-18H,1-3,5-8,11-14H2,(H,30,31,32). The van der Waals surface area contributed by atoms with Gasteiger partial charge in [0.15, 0.2) is 0 Å². The molecule has 1 N–H and O–H groups in total. The van der Waals surface area contributed by atoms with E-state index in [-0.39, 0.29) is 16.9 Å². The zero-order chi connectivity index (χ0) is 24.0. The Morgan fingerprint density at radius 1 is 0.943 bits per heavy atom. The Labute approximate surface area is 201 Å². The Hall–Kier alpha value is -2.65. The van der Waals surface area contributed by atoms with Gasteiger partial charge in [0, 0.05) is 61.2 Å². The summed E-state index contributed by atoms with van der Waals surface area (Å²) in [6, 6.07) is 1.36. The average molecular weight is 487 g/mol. The lowest BCUT2D eigenvalue weighted by Crippen LogP contribution is -2.70. The number of rotatable bonds is 4. The van der Waals surface area contributed by atoms with Crippen LogP contribution < -0.4 is 0 Å². The van der Waals surface area contributed by atoms with Gasteiger partial charge in [0.2, 0.25) is 0 Å². The lowest BCUT2D eigenvalue weighted by atomic mass is 9.56. The smallest absolute Gasteiger partial charge is 0.328 e. The molecular formula is C25H29F3N6O. The predicted octanol–water partition coefficient (Wildman–Crippen LogP) is 4.35. The lowest BCUT2D eigenvalue weighted by molar-refractivity contribution is -0.137. The van der Waals surface area contributed by atoms with Gasteiger partial charge < -0.3 is 14.8 Å². The Bertz CT molecular complexity index is 1150. The molecular weight excluding hydrogens is 457 g/mol. The van der Waals surface area contributed by atoms with Gasteiger partial charge >= 0.3 is 12.2 Å². The molecule has 2 aromatic heterocycles. The number of urea groups is 1. The Kier molecular flexibility index (Phi) is 4.44. The summed E-state index contributed by atoms with van der Waals surface area (Å²) in [5.41, 5.74) is 0.394. The topological polar surface area (TPSA) is 78.0 Å². The summed E-state index contributed by atoms with van der Waals surface area (Å²) < 4.78 is 38.8. The first kappa shape index (κ1) is 21.6. The molecule has 2 saturated heterocycles. The molecule has 7 rings (SSSR count). The van der Waals surface area contributed by atoms with E-state index >= 15 is 0 Å². The van der Waals surface area contributed by atoms with E-state index in [1.807, 2.05) is 9.80 Å². The number of alkyl halides is 3. The molecule has 3 aliphatic carbocycles. The zero-order valence-electron chi connectivity index (χ0n) is 19.5. The molecule has 10 heteroatoms. The van der Waals surface area contributed by atoms with E-state index in [1.165, 1.54) is 25.1 Å². The quantitative estimate of drug-likeness (QED) is 0.697. The van der Waals surface area contributed by atoms with Crippen LogP contribution in [0.4, 0.5) is 18.0 Å². The summed E-state index contributed by atoms with van der Waals surface area (Å²) in [5.74, 6) is 3.47. The second-order valence-electron chi connectivity index (χ2n) is 12.0. The van der Waals surface area contributed by atoms with Crippen molar-refractivity contribution in [2.45, 2.75) is 63.0 Å². The van der Waals surface area contributed by atoms with Crippen molar-refractivity contribution >= 4 is 6.03 Å². The first-order valence-corrected chi connectivity index (χ1v) is 12.7. The number of aromatic nitrogens is 4. The second kappa shape index (κ2) is 7.20. The highest BCUT2D eigenvalue weighted by Crippen LogP contribution is 2.57. The molecule has 2 amide bonds. The van der Waals surface area contributed by atoms with E-state index in [0.717, 1.165) is 69.7 Å². The van der Waals surface area contributed by atoms with Crippen LogP contribution in [0.3, 0.4) is 0 Å². The number of halogens is 3. The third-order valence-electron chi connectivity index (χ3n) is 8.97. The van der Waals surface area contributed by atoms with Crippen LogP contribution in [0.1, 0.15) is 73.1 Å². The largest absolute Gasteiger partial charge is 0.417 e. The van der Waals surface area contributed by atoms with Crippen LogP contribution in [0.2, 0.25) is 0 Å². The minimum absolute atomic E-state index is 0.144. The Balaban J connectivity index is 0.851. The van der Waals surface area contributed by atoms with E-state index in [0.29, 0.717) is 29.7 Å². The number of amides is 2. The summed E-state index contributed by atoms with van der Waals surface area (Å²) >= 11 is 0. The molecule has 0 radical (unpaired) electrons. The molecule has 3 saturated carbocycles. The average Bonchev–Trinajstić information content (AvgIpc) is 3.44. The number of pyridine rings is 1. The summed E-state index contributed by atoms with van der Waals surface area (Å²) in [7, 11) is 0. The van der Waals surface area contributed by atoms with Crippen LogP contribution in [0.5, 0.6) is 0 Å². The van der Waals surface area contributed by atoms with E-state index in [4.69, 9.17) is 0 Å². The third-order valence-corrected chi connectivity index (χ3v) is 8.97. The van der Waals surface area contributed by atoms with Crippen molar-refractivity contribution in [3.05, 3.63) is 41.2 Å². The van der Waals surface area contributed by atoms with Crippen molar-refractivity contribution < 1.29 is 18.0 Å². The number of hydrogen-bond donors (Lipinski definition) is 1. The number of nitrogens with one attached hydrogen (secondary N) is 1. The molecule has 2 aromatic rings. The molecule has 5 aliphatic rings. The number of likely N-dealkylation sites (tertiary alicyclic amines) is 2. The molecule has 0 bridgehead atoms. The number of aromatic amines is 1. The summed E-state index contributed by atoms with van der Waals surface area (Å²) in [6.07, 6.45) is 5.20. The highest BCUT2D eigenvalue weighted by molar-refractivity contribution is 5.77. The molecule has 0 unspecified atom stereocenters. The van der Waals surface area contributed by atoms with Crippen molar-refractivity contribution in [1.82, 2.24) is 30.0 Å². The molecule has 2 aliphatic heterocycles. The summed E-state index contributed by atoms with van der Waals surface area (Å²) in [5, 5.41) is 8.66. The monoisotopic (exact) mass is 486 g/mol. The molecule has 7 nitrogen and oxygen atoms in total. The fourth-order valence-corrected chi connectivity index (χ4v) is 7.10. The SMILES string of the molecule is O=C(N1CC2(CC(Cc3cncc(C(F)(F)F)c3)C2)C1)N1CC2(CC(c3nnc(C4CC4)[nH]3)C2)C1. The van der Waals surface area contributed by atoms with Crippen molar-refractivity contribution in [3.8, 4) is 0 Å². The van der Waals surface area contributed by atoms with Gasteiger partial charge in [-0.15, -0.1) is 10.2 Å². The van der Waals surface area contributed by atoms with Gasteiger partial charge in [-0.05, 0) is 62.5 Å². The third kappa shape index (κ3) is 3.71. The van der Waals surface area contributed by atoms with Crippen molar-refractivity contribution in [2.75, 3.05) is 26.2 Å². The number of carbonyl (C=O) groups excluding carboxylic acids is 1. The van der Waals surface area contributed by atoms with Gasteiger partial charge in [0.05, 0.1) is 5.56 Å². The van der Waals surface area contributed by atoms with Gasteiger partial charge in [-0.25, -0.2) is 4.79 Å². The fourth-order valence-electron chi connectivity index (χ4n) is 7.10. The first-order chi connectivity index (χ1) is 16.7. The highest BCUT2D eigenvalue weighted by Gasteiger charge is 2.58. The maximum atomic E-state index is 12.9. The Morgan fingerprint density at radius 3 is 2.14 bits per heavy atom. The zero-order valence-corrected chi connectivity index (χ0v) is 19.5. The molecule has 2 spiro atoms. The minimum atomic E-state index is -4.36. The first-order valence-electron chi connectivity index (χ1n) is 12.7. The van der Waals surface area contributed by atoms with Gasteiger partial charge in [0.1, 0.15) is 11.6 Å².